The van der Waals surface area contributed by atoms with E-state index >= 15 is 0 Å². The monoisotopic (exact) mass is 259 g/mol. The third-order valence-electron chi connectivity index (χ3n) is 3.06. The molecule has 0 aliphatic heterocycles. The van der Waals surface area contributed by atoms with Crippen LogP contribution in [-0.2, 0) is 0 Å². The molecule has 2 aromatic rings. The molecule has 0 radical (unpaired) electrons. The van der Waals surface area contributed by atoms with E-state index in [9.17, 15) is 4.79 Å². The number of ether oxygens (including phenoxy) is 1. The van der Waals surface area contributed by atoms with E-state index in [1.165, 1.54) is 6.26 Å². The maximum absolute atomic E-state index is 12.1. The van der Waals surface area contributed by atoms with Gasteiger partial charge in [-0.1, -0.05) is 18.2 Å². The minimum Gasteiger partial charge on any atom is -0.496 e. The first kappa shape index (κ1) is 13.2. The predicted octanol–water partition coefficient (Wildman–Crippen LogP) is 3.09. The summed E-state index contributed by atoms with van der Waals surface area (Å²) in [6, 6.07) is 9.16. The highest BCUT2D eigenvalue weighted by Gasteiger charge is 2.17. The minimum atomic E-state index is -0.148. The van der Waals surface area contributed by atoms with Crippen molar-refractivity contribution in [2.45, 2.75) is 19.9 Å². The summed E-state index contributed by atoms with van der Waals surface area (Å²) in [5, 5.41) is 2.94. The summed E-state index contributed by atoms with van der Waals surface area (Å²) in [6.45, 7) is 3.69. The Labute approximate surface area is 112 Å². The standard InChI is InChI=1S/C15H17NO3/c1-10(12-6-4-5-7-14(12)18-3)16-15(17)13-8-9-19-11(13)2/h4-10H,1-3H3,(H,16,17)/t10-/m1/s1. The zero-order valence-corrected chi connectivity index (χ0v) is 11.3. The average molecular weight is 259 g/mol. The van der Waals surface area contributed by atoms with Crippen LogP contribution in [0, 0.1) is 6.92 Å². The number of methoxy groups -OCH3 is 1. The van der Waals surface area contributed by atoms with Crippen molar-refractivity contribution in [1.82, 2.24) is 5.32 Å². The molecule has 4 heteroatoms. The quantitative estimate of drug-likeness (QED) is 0.918. The number of benzene rings is 1. The van der Waals surface area contributed by atoms with E-state index in [-0.39, 0.29) is 11.9 Å². The molecule has 0 bridgehead atoms. The Morgan fingerprint density at radius 1 is 1.32 bits per heavy atom. The lowest BCUT2D eigenvalue weighted by atomic mass is 10.1. The smallest absolute Gasteiger partial charge is 0.255 e. The van der Waals surface area contributed by atoms with Gasteiger partial charge >= 0.3 is 0 Å². The number of carbonyl (C=O) groups is 1. The van der Waals surface area contributed by atoms with Gasteiger partial charge in [-0.2, -0.15) is 0 Å². The third-order valence-corrected chi connectivity index (χ3v) is 3.06. The molecule has 1 aromatic carbocycles. The number of nitrogens with one attached hydrogen (secondary N) is 1. The Morgan fingerprint density at radius 2 is 2.05 bits per heavy atom. The van der Waals surface area contributed by atoms with Gasteiger partial charge in [-0.3, -0.25) is 4.79 Å². The second-order valence-electron chi connectivity index (χ2n) is 4.33. The van der Waals surface area contributed by atoms with E-state index in [4.69, 9.17) is 9.15 Å². The van der Waals surface area contributed by atoms with Crippen molar-refractivity contribution in [1.29, 1.82) is 0 Å². The van der Waals surface area contributed by atoms with Crippen LogP contribution in [0.25, 0.3) is 0 Å². The fourth-order valence-electron chi connectivity index (χ4n) is 2.00. The first-order chi connectivity index (χ1) is 9.13. The zero-order valence-electron chi connectivity index (χ0n) is 11.3. The molecule has 4 nitrogen and oxygen atoms in total. The lowest BCUT2D eigenvalue weighted by Gasteiger charge is -2.17. The lowest BCUT2D eigenvalue weighted by molar-refractivity contribution is 0.0938. The topological polar surface area (TPSA) is 51.5 Å². The molecule has 0 saturated heterocycles. The highest BCUT2D eigenvalue weighted by atomic mass is 16.5. The number of carbonyl (C=O) groups excluding carboxylic acids is 1. The highest BCUT2D eigenvalue weighted by molar-refractivity contribution is 5.95. The second-order valence-corrected chi connectivity index (χ2v) is 4.33. The van der Waals surface area contributed by atoms with Gasteiger partial charge < -0.3 is 14.5 Å². The molecule has 1 N–H and O–H groups in total. The second kappa shape index (κ2) is 5.61. The first-order valence-electron chi connectivity index (χ1n) is 6.11. The molecule has 1 atom stereocenters. The van der Waals surface area contributed by atoms with Crippen LogP contribution in [0.4, 0.5) is 0 Å². The molecule has 19 heavy (non-hydrogen) atoms. The van der Waals surface area contributed by atoms with Crippen LogP contribution in [0.1, 0.15) is 34.6 Å². The van der Waals surface area contributed by atoms with Crippen LogP contribution in [0.3, 0.4) is 0 Å². The van der Waals surface area contributed by atoms with Crippen LogP contribution in [0.5, 0.6) is 5.75 Å². The fourth-order valence-corrected chi connectivity index (χ4v) is 2.00. The number of hydrogen-bond acceptors (Lipinski definition) is 3. The Kier molecular flexibility index (Phi) is 3.90. The van der Waals surface area contributed by atoms with Gasteiger partial charge in [0.2, 0.25) is 0 Å². The van der Waals surface area contributed by atoms with Gasteiger partial charge in [0.15, 0.2) is 0 Å². The van der Waals surface area contributed by atoms with Gasteiger partial charge in [0.05, 0.1) is 25.0 Å². The first-order valence-corrected chi connectivity index (χ1v) is 6.11. The van der Waals surface area contributed by atoms with Crippen LogP contribution < -0.4 is 10.1 Å². The number of rotatable bonds is 4. The van der Waals surface area contributed by atoms with Crippen molar-refractivity contribution in [2.75, 3.05) is 7.11 Å². The maximum Gasteiger partial charge on any atom is 0.255 e. The maximum atomic E-state index is 12.1. The highest BCUT2D eigenvalue weighted by Crippen LogP contribution is 2.24. The number of hydrogen-bond donors (Lipinski definition) is 1. The Hall–Kier alpha value is -2.23. The normalized spacial score (nSPS) is 11.9. The van der Waals surface area contributed by atoms with Crippen molar-refractivity contribution in [3.8, 4) is 5.75 Å². The summed E-state index contributed by atoms with van der Waals surface area (Å²) in [4.78, 5) is 12.1. The molecule has 100 valence electrons. The molecule has 1 aromatic heterocycles. The fraction of sp³-hybridized carbons (Fsp3) is 0.267. The number of para-hydroxylation sites is 1. The van der Waals surface area contributed by atoms with Gasteiger partial charge in [-0.25, -0.2) is 0 Å². The molecule has 0 aliphatic carbocycles. The molecule has 0 aliphatic rings. The molecule has 0 saturated carbocycles. The van der Waals surface area contributed by atoms with Gasteiger partial charge in [0, 0.05) is 5.56 Å². The van der Waals surface area contributed by atoms with Gasteiger partial charge in [-0.05, 0) is 26.0 Å². The molecule has 1 amide bonds. The summed E-state index contributed by atoms with van der Waals surface area (Å²) in [5.41, 5.74) is 1.50. The molecule has 0 unspecified atom stereocenters. The van der Waals surface area contributed by atoms with Gasteiger partial charge in [-0.15, -0.1) is 0 Å². The number of amides is 1. The van der Waals surface area contributed by atoms with E-state index in [1.807, 2.05) is 31.2 Å². The molecule has 2 rings (SSSR count). The van der Waals surface area contributed by atoms with E-state index in [1.54, 1.807) is 20.1 Å². The van der Waals surface area contributed by atoms with Crippen molar-refractivity contribution in [2.24, 2.45) is 0 Å². The molecular formula is C15H17NO3. The zero-order chi connectivity index (χ0) is 13.8. The molecular weight excluding hydrogens is 242 g/mol. The summed E-state index contributed by atoms with van der Waals surface area (Å²) in [7, 11) is 1.62. The molecule has 0 fully saturated rings. The number of aryl methyl sites for hydroxylation is 1. The largest absolute Gasteiger partial charge is 0.496 e. The number of furan rings is 1. The minimum absolute atomic E-state index is 0.141. The Balaban J connectivity index is 2.15. The van der Waals surface area contributed by atoms with Crippen molar-refractivity contribution in [3.63, 3.8) is 0 Å². The van der Waals surface area contributed by atoms with E-state index in [2.05, 4.69) is 5.32 Å². The Morgan fingerprint density at radius 3 is 2.68 bits per heavy atom. The van der Waals surface area contributed by atoms with E-state index in [0.717, 1.165) is 11.3 Å². The van der Waals surface area contributed by atoms with Crippen LogP contribution in [0.2, 0.25) is 0 Å². The van der Waals surface area contributed by atoms with Gasteiger partial charge in [0.25, 0.3) is 5.91 Å². The van der Waals surface area contributed by atoms with Gasteiger partial charge in [0.1, 0.15) is 11.5 Å². The van der Waals surface area contributed by atoms with Crippen molar-refractivity contribution >= 4 is 5.91 Å². The Bertz CT molecular complexity index is 574. The molecule has 0 spiro atoms. The average Bonchev–Trinajstić information content (AvgIpc) is 2.85. The summed E-state index contributed by atoms with van der Waals surface area (Å²) in [5.74, 6) is 1.23. The van der Waals surface area contributed by atoms with Crippen molar-refractivity contribution < 1.29 is 13.9 Å². The van der Waals surface area contributed by atoms with Crippen LogP contribution in [0.15, 0.2) is 41.0 Å². The van der Waals surface area contributed by atoms with Crippen LogP contribution >= 0.6 is 0 Å². The van der Waals surface area contributed by atoms with E-state index < -0.39 is 0 Å². The lowest BCUT2D eigenvalue weighted by Crippen LogP contribution is -2.27. The molecule has 1 heterocycles. The van der Waals surface area contributed by atoms with Crippen molar-refractivity contribution in [3.05, 3.63) is 53.5 Å². The van der Waals surface area contributed by atoms with Crippen LogP contribution in [-0.4, -0.2) is 13.0 Å². The summed E-state index contributed by atoms with van der Waals surface area (Å²) in [6.07, 6.45) is 1.51. The van der Waals surface area contributed by atoms with E-state index in [0.29, 0.717) is 11.3 Å². The SMILES string of the molecule is COc1ccccc1[C@@H](C)NC(=O)c1ccoc1C. The predicted molar refractivity (Wildman–Crippen MR) is 72.3 cm³/mol. The third kappa shape index (κ3) is 2.78. The summed E-state index contributed by atoms with van der Waals surface area (Å²) < 4.78 is 10.4. The summed E-state index contributed by atoms with van der Waals surface area (Å²) >= 11 is 0.